The van der Waals surface area contributed by atoms with Crippen molar-refractivity contribution in [3.8, 4) is 5.75 Å². The normalized spacial score (nSPS) is 14.7. The molecule has 0 saturated heterocycles. The number of amides is 1. The van der Waals surface area contributed by atoms with Crippen LogP contribution in [0.1, 0.15) is 45.8 Å². The van der Waals surface area contributed by atoms with Crippen LogP contribution in [0.3, 0.4) is 0 Å². The first-order valence-electron chi connectivity index (χ1n) is 8.26. The molecule has 0 spiro atoms. The van der Waals surface area contributed by atoms with Gasteiger partial charge in [0.2, 0.25) is 5.79 Å². The van der Waals surface area contributed by atoms with E-state index in [1.165, 1.54) is 25.4 Å². The van der Waals surface area contributed by atoms with Gasteiger partial charge in [0, 0.05) is 32.2 Å². The summed E-state index contributed by atoms with van der Waals surface area (Å²) < 4.78 is 29.0. The van der Waals surface area contributed by atoms with Crippen molar-refractivity contribution < 1.29 is 28.2 Å². The van der Waals surface area contributed by atoms with Crippen molar-refractivity contribution >= 4 is 11.9 Å². The molecule has 0 saturated carbocycles. The Morgan fingerprint density at radius 3 is 2.67 bits per heavy atom. The summed E-state index contributed by atoms with van der Waals surface area (Å²) in [5, 5.41) is 2.74. The van der Waals surface area contributed by atoms with Crippen molar-refractivity contribution in [1.29, 1.82) is 0 Å². The second-order valence-electron chi connectivity index (χ2n) is 6.42. The largest absolute Gasteiger partial charge is 0.464 e. The molecule has 1 N–H and O–H groups in total. The number of nitrogens with one attached hydrogen (secondary N) is 1. The predicted molar refractivity (Wildman–Crippen MR) is 92.6 cm³/mol. The third-order valence-corrected chi connectivity index (χ3v) is 4.04. The third-order valence-electron chi connectivity index (χ3n) is 4.04. The quantitative estimate of drug-likeness (QED) is 0.828. The van der Waals surface area contributed by atoms with E-state index in [4.69, 9.17) is 14.2 Å². The molecule has 0 radical (unpaired) electrons. The van der Waals surface area contributed by atoms with Gasteiger partial charge < -0.3 is 19.5 Å². The number of rotatable bonds is 4. The molecule has 0 aliphatic carbocycles. The lowest BCUT2D eigenvalue weighted by Gasteiger charge is -2.33. The number of methoxy groups -OCH3 is 1. The van der Waals surface area contributed by atoms with Gasteiger partial charge in [-0.25, -0.2) is 14.2 Å². The number of nitrogens with zero attached hydrogens (tertiary/aromatic N) is 1. The average Bonchev–Trinajstić information content (AvgIpc) is 2.65. The summed E-state index contributed by atoms with van der Waals surface area (Å²) in [6.07, 6.45) is 1.29. The zero-order chi connectivity index (χ0) is 19.6. The lowest BCUT2D eigenvalue weighted by molar-refractivity contribution is -0.180. The first kappa shape index (κ1) is 18.8. The summed E-state index contributed by atoms with van der Waals surface area (Å²) in [5.41, 5.74) is 1.38. The monoisotopic (exact) mass is 374 g/mol. The summed E-state index contributed by atoms with van der Waals surface area (Å²) in [7, 11) is 1.24. The standard InChI is InChI=1S/C19H19FN2O5/c1-19(2)26-10-14-13(9-21-15(16(14)27-19)18(24)25-3)17(23)22-8-11-4-6-12(20)7-5-11/h4-7,9H,8,10H2,1-3H3,(H,22,23). The van der Waals surface area contributed by atoms with Crippen LogP contribution in [-0.2, 0) is 22.6 Å². The molecule has 2 heterocycles. The highest BCUT2D eigenvalue weighted by Gasteiger charge is 2.34. The Hall–Kier alpha value is -3.00. The predicted octanol–water partition coefficient (Wildman–Crippen LogP) is 2.58. The van der Waals surface area contributed by atoms with E-state index in [0.29, 0.717) is 5.56 Å². The van der Waals surface area contributed by atoms with E-state index in [-0.39, 0.29) is 36.0 Å². The number of halogens is 1. The summed E-state index contributed by atoms with van der Waals surface area (Å²) in [6.45, 7) is 3.67. The highest BCUT2D eigenvalue weighted by molar-refractivity contribution is 5.98. The van der Waals surface area contributed by atoms with Crippen LogP contribution >= 0.6 is 0 Å². The number of ether oxygens (including phenoxy) is 3. The van der Waals surface area contributed by atoms with E-state index in [2.05, 4.69) is 10.3 Å². The number of pyridine rings is 1. The minimum atomic E-state index is -0.972. The molecule has 0 bridgehead atoms. The fourth-order valence-corrected chi connectivity index (χ4v) is 2.62. The molecule has 2 aromatic rings. The second-order valence-corrected chi connectivity index (χ2v) is 6.42. The first-order chi connectivity index (χ1) is 12.8. The van der Waals surface area contributed by atoms with E-state index >= 15 is 0 Å². The van der Waals surface area contributed by atoms with Crippen LogP contribution in [0.2, 0.25) is 0 Å². The molecule has 27 heavy (non-hydrogen) atoms. The maximum absolute atomic E-state index is 13.0. The molecule has 0 atom stereocenters. The molecule has 142 valence electrons. The van der Waals surface area contributed by atoms with Crippen molar-refractivity contribution in [3.63, 3.8) is 0 Å². The number of esters is 1. The molecule has 0 unspecified atom stereocenters. The van der Waals surface area contributed by atoms with Gasteiger partial charge in [-0.2, -0.15) is 0 Å². The highest BCUT2D eigenvalue weighted by Crippen LogP contribution is 2.35. The number of hydrogen-bond acceptors (Lipinski definition) is 6. The molecule has 3 rings (SSSR count). The number of fused-ring (bicyclic) bond motifs is 1. The second kappa shape index (κ2) is 7.32. The van der Waals surface area contributed by atoms with Gasteiger partial charge in [-0.05, 0) is 17.7 Å². The Bertz CT molecular complexity index is 880. The van der Waals surface area contributed by atoms with Gasteiger partial charge in [-0.15, -0.1) is 0 Å². The van der Waals surface area contributed by atoms with Gasteiger partial charge in [0.05, 0.1) is 19.3 Å². The van der Waals surface area contributed by atoms with Crippen molar-refractivity contribution in [2.45, 2.75) is 32.8 Å². The molecule has 1 aromatic heterocycles. The molecule has 7 nitrogen and oxygen atoms in total. The van der Waals surface area contributed by atoms with Gasteiger partial charge in [0.1, 0.15) is 5.82 Å². The number of benzene rings is 1. The number of carbonyl (C=O) groups is 2. The van der Waals surface area contributed by atoms with Crippen molar-refractivity contribution in [1.82, 2.24) is 10.3 Å². The van der Waals surface area contributed by atoms with E-state index in [1.807, 2.05) is 0 Å². The van der Waals surface area contributed by atoms with Crippen molar-refractivity contribution in [2.75, 3.05) is 7.11 Å². The fourth-order valence-electron chi connectivity index (χ4n) is 2.62. The zero-order valence-electron chi connectivity index (χ0n) is 15.2. The lowest BCUT2D eigenvalue weighted by atomic mass is 10.1. The Balaban J connectivity index is 1.88. The summed E-state index contributed by atoms with van der Waals surface area (Å²) >= 11 is 0. The van der Waals surface area contributed by atoms with E-state index in [1.54, 1.807) is 26.0 Å². The Morgan fingerprint density at radius 2 is 2.00 bits per heavy atom. The molecule has 1 aromatic carbocycles. The lowest BCUT2D eigenvalue weighted by Crippen LogP contribution is -2.38. The van der Waals surface area contributed by atoms with Crippen LogP contribution in [0.4, 0.5) is 4.39 Å². The molecule has 1 amide bonds. The summed E-state index contributed by atoms with van der Waals surface area (Å²) in [6, 6.07) is 5.80. The maximum atomic E-state index is 13.0. The van der Waals surface area contributed by atoms with Crippen LogP contribution in [0, 0.1) is 5.82 Å². The Labute approximate surface area is 155 Å². The third kappa shape index (κ3) is 4.06. The summed E-state index contributed by atoms with van der Waals surface area (Å²) in [4.78, 5) is 28.6. The molecule has 1 aliphatic rings. The number of hydrogen-bond donors (Lipinski definition) is 1. The van der Waals surface area contributed by atoms with E-state index < -0.39 is 17.7 Å². The van der Waals surface area contributed by atoms with Crippen LogP contribution in [0.15, 0.2) is 30.5 Å². The van der Waals surface area contributed by atoms with Gasteiger partial charge in [-0.1, -0.05) is 12.1 Å². The van der Waals surface area contributed by atoms with Gasteiger partial charge >= 0.3 is 5.97 Å². The zero-order valence-corrected chi connectivity index (χ0v) is 15.2. The maximum Gasteiger partial charge on any atom is 0.360 e. The minimum absolute atomic E-state index is 0.0149. The topological polar surface area (TPSA) is 86.8 Å². The van der Waals surface area contributed by atoms with Crippen LogP contribution in [0.25, 0.3) is 0 Å². The molecule has 0 fully saturated rings. The number of carbonyl (C=O) groups excluding carboxylic acids is 2. The van der Waals surface area contributed by atoms with Crippen LogP contribution < -0.4 is 10.1 Å². The van der Waals surface area contributed by atoms with Gasteiger partial charge in [0.25, 0.3) is 5.91 Å². The van der Waals surface area contributed by atoms with Crippen molar-refractivity contribution in [2.24, 2.45) is 0 Å². The van der Waals surface area contributed by atoms with Crippen LogP contribution in [-0.4, -0.2) is 29.8 Å². The van der Waals surface area contributed by atoms with Crippen molar-refractivity contribution in [3.05, 3.63) is 58.7 Å². The molecular weight excluding hydrogens is 355 g/mol. The minimum Gasteiger partial charge on any atom is -0.464 e. The smallest absolute Gasteiger partial charge is 0.360 e. The van der Waals surface area contributed by atoms with Crippen LogP contribution in [0.5, 0.6) is 5.75 Å². The first-order valence-corrected chi connectivity index (χ1v) is 8.26. The molecule has 1 aliphatic heterocycles. The summed E-state index contributed by atoms with van der Waals surface area (Å²) in [5.74, 6) is -2.22. The fraction of sp³-hybridized carbons (Fsp3) is 0.316. The number of aromatic nitrogens is 1. The average molecular weight is 374 g/mol. The van der Waals surface area contributed by atoms with E-state index in [0.717, 1.165) is 5.56 Å². The molecular formula is C19H19FN2O5. The highest BCUT2D eigenvalue weighted by atomic mass is 19.1. The Morgan fingerprint density at radius 1 is 1.30 bits per heavy atom. The molecule has 8 heteroatoms. The van der Waals surface area contributed by atoms with Gasteiger partial charge in [0.15, 0.2) is 11.4 Å². The van der Waals surface area contributed by atoms with Gasteiger partial charge in [-0.3, -0.25) is 4.79 Å². The SMILES string of the molecule is COC(=O)c1ncc(C(=O)NCc2ccc(F)cc2)c2c1OC(C)(C)OC2. The Kier molecular flexibility index (Phi) is 5.09. The van der Waals surface area contributed by atoms with E-state index in [9.17, 15) is 14.0 Å².